The summed E-state index contributed by atoms with van der Waals surface area (Å²) in [7, 11) is 0. The van der Waals surface area contributed by atoms with Gasteiger partial charge in [0.05, 0.1) is 23.3 Å². The molecule has 1 aliphatic heterocycles. The number of anilines is 2. The van der Waals surface area contributed by atoms with Crippen molar-refractivity contribution in [2.75, 3.05) is 23.3 Å². The third kappa shape index (κ3) is 5.53. The van der Waals surface area contributed by atoms with Crippen LogP contribution in [0.3, 0.4) is 0 Å². The van der Waals surface area contributed by atoms with Crippen molar-refractivity contribution in [3.05, 3.63) is 102 Å². The molecule has 214 valence electrons. The number of nitrogens with zero attached hydrogens (tertiary/aromatic N) is 3. The van der Waals surface area contributed by atoms with Gasteiger partial charge in [0.15, 0.2) is 0 Å². The molecule has 2 aromatic heterocycles. The van der Waals surface area contributed by atoms with Crippen LogP contribution in [0.25, 0.3) is 5.69 Å². The normalized spacial score (nSPS) is 14.2. The predicted octanol–water partition coefficient (Wildman–Crippen LogP) is 8.09. The average molecular weight is 553 g/mol. The SMILES string of the molecule is CCCCN(CC(=O)N1c2ccccc2-n2cccc2C1c1ccco1)C(=O)Nc1c(C(C)C)cccc1C(C)C. The Morgan fingerprint density at radius 3 is 2.24 bits per heavy atom. The summed E-state index contributed by atoms with van der Waals surface area (Å²) in [5.74, 6) is 0.985. The van der Waals surface area contributed by atoms with Crippen LogP contribution in [0.5, 0.6) is 0 Å². The van der Waals surface area contributed by atoms with E-state index in [1.54, 1.807) is 16.1 Å². The van der Waals surface area contributed by atoms with Gasteiger partial charge in [-0.3, -0.25) is 9.69 Å². The van der Waals surface area contributed by atoms with Gasteiger partial charge in [-0.25, -0.2) is 4.79 Å². The molecular formula is C34H40N4O3. The van der Waals surface area contributed by atoms with Crippen LogP contribution in [0.1, 0.15) is 87.9 Å². The number of carbonyl (C=O) groups excluding carboxylic acids is 2. The minimum atomic E-state index is -0.451. The van der Waals surface area contributed by atoms with E-state index in [9.17, 15) is 9.59 Å². The third-order valence-corrected chi connectivity index (χ3v) is 7.80. The lowest BCUT2D eigenvalue weighted by Crippen LogP contribution is -2.48. The number of para-hydroxylation sites is 3. The summed E-state index contributed by atoms with van der Waals surface area (Å²) in [5, 5.41) is 3.22. The van der Waals surface area contributed by atoms with E-state index < -0.39 is 6.04 Å². The smallest absolute Gasteiger partial charge is 0.322 e. The number of unbranched alkanes of at least 4 members (excludes halogenated alkanes) is 1. The second kappa shape index (κ2) is 12.1. The lowest BCUT2D eigenvalue weighted by Gasteiger charge is -2.38. The van der Waals surface area contributed by atoms with Crippen molar-refractivity contribution >= 4 is 23.3 Å². The van der Waals surface area contributed by atoms with E-state index in [1.807, 2.05) is 54.7 Å². The number of carbonyl (C=O) groups is 2. The van der Waals surface area contributed by atoms with Crippen LogP contribution in [0, 0.1) is 0 Å². The maximum absolute atomic E-state index is 14.3. The second-order valence-electron chi connectivity index (χ2n) is 11.3. The monoisotopic (exact) mass is 552 g/mol. The van der Waals surface area contributed by atoms with Crippen molar-refractivity contribution in [2.45, 2.75) is 65.3 Å². The lowest BCUT2D eigenvalue weighted by molar-refractivity contribution is -0.119. The van der Waals surface area contributed by atoms with Gasteiger partial charge < -0.3 is 19.2 Å². The fraction of sp³-hybridized carbons (Fsp3) is 0.353. The Hall–Kier alpha value is -4.26. The quantitative estimate of drug-likeness (QED) is 0.228. The number of rotatable bonds is 9. The molecule has 1 N–H and O–H groups in total. The molecule has 1 unspecified atom stereocenters. The first-order valence-corrected chi connectivity index (χ1v) is 14.6. The van der Waals surface area contributed by atoms with E-state index in [4.69, 9.17) is 4.42 Å². The zero-order valence-corrected chi connectivity index (χ0v) is 24.6. The van der Waals surface area contributed by atoms with Crippen molar-refractivity contribution in [3.63, 3.8) is 0 Å². The molecule has 1 atom stereocenters. The Kier molecular flexibility index (Phi) is 8.34. The maximum Gasteiger partial charge on any atom is 0.322 e. The Bertz CT molecular complexity index is 1480. The van der Waals surface area contributed by atoms with Crippen molar-refractivity contribution in [1.29, 1.82) is 0 Å². The lowest BCUT2D eigenvalue weighted by atomic mass is 9.93. The molecule has 41 heavy (non-hydrogen) atoms. The topological polar surface area (TPSA) is 70.7 Å². The molecule has 0 bridgehead atoms. The third-order valence-electron chi connectivity index (χ3n) is 7.80. The molecule has 0 aliphatic carbocycles. The van der Waals surface area contributed by atoms with Gasteiger partial charge in [0.1, 0.15) is 18.3 Å². The molecule has 5 rings (SSSR count). The summed E-state index contributed by atoms with van der Waals surface area (Å²) in [6, 6.07) is 21.1. The van der Waals surface area contributed by atoms with E-state index in [2.05, 4.69) is 62.7 Å². The number of hydrogen-bond acceptors (Lipinski definition) is 3. The van der Waals surface area contributed by atoms with Crippen LogP contribution in [-0.4, -0.2) is 34.5 Å². The number of amides is 3. The fourth-order valence-electron chi connectivity index (χ4n) is 5.70. The molecular weight excluding hydrogens is 512 g/mol. The number of furan rings is 1. The highest BCUT2D eigenvalue weighted by molar-refractivity contribution is 6.01. The van der Waals surface area contributed by atoms with E-state index in [-0.39, 0.29) is 30.3 Å². The molecule has 0 saturated carbocycles. The molecule has 7 heteroatoms. The van der Waals surface area contributed by atoms with Crippen molar-refractivity contribution in [2.24, 2.45) is 0 Å². The van der Waals surface area contributed by atoms with Crippen LogP contribution in [-0.2, 0) is 4.79 Å². The molecule has 0 radical (unpaired) electrons. The summed E-state index contributed by atoms with van der Waals surface area (Å²) in [6.45, 7) is 11.0. The first-order chi connectivity index (χ1) is 19.8. The van der Waals surface area contributed by atoms with Crippen molar-refractivity contribution in [3.8, 4) is 5.69 Å². The Morgan fingerprint density at radius 2 is 1.61 bits per heavy atom. The molecule has 0 fully saturated rings. The summed E-state index contributed by atoms with van der Waals surface area (Å²) in [5.41, 5.74) is 5.67. The Balaban J connectivity index is 1.49. The zero-order chi connectivity index (χ0) is 29.1. The van der Waals surface area contributed by atoms with E-state index >= 15 is 0 Å². The van der Waals surface area contributed by atoms with Gasteiger partial charge in [0, 0.05) is 18.4 Å². The minimum Gasteiger partial charge on any atom is -0.467 e. The van der Waals surface area contributed by atoms with Crippen LogP contribution < -0.4 is 10.2 Å². The Labute approximate surface area is 242 Å². The molecule has 0 spiro atoms. The maximum atomic E-state index is 14.3. The van der Waals surface area contributed by atoms with Crippen LogP contribution >= 0.6 is 0 Å². The number of hydrogen-bond donors (Lipinski definition) is 1. The largest absolute Gasteiger partial charge is 0.467 e. The molecule has 7 nitrogen and oxygen atoms in total. The van der Waals surface area contributed by atoms with Crippen molar-refractivity contribution < 1.29 is 14.0 Å². The Morgan fingerprint density at radius 1 is 0.902 bits per heavy atom. The van der Waals surface area contributed by atoms with E-state index in [0.29, 0.717) is 12.3 Å². The van der Waals surface area contributed by atoms with Gasteiger partial charge in [0.2, 0.25) is 5.91 Å². The highest BCUT2D eigenvalue weighted by atomic mass is 16.3. The predicted molar refractivity (Wildman–Crippen MR) is 164 cm³/mol. The molecule has 2 aromatic carbocycles. The van der Waals surface area contributed by atoms with Gasteiger partial charge in [-0.1, -0.05) is 71.4 Å². The highest BCUT2D eigenvalue weighted by Crippen LogP contribution is 2.42. The molecule has 4 aromatic rings. The number of fused-ring (bicyclic) bond motifs is 3. The molecule has 1 aliphatic rings. The van der Waals surface area contributed by atoms with E-state index in [1.165, 1.54) is 0 Å². The highest BCUT2D eigenvalue weighted by Gasteiger charge is 2.38. The second-order valence-corrected chi connectivity index (χ2v) is 11.3. The summed E-state index contributed by atoms with van der Waals surface area (Å²) < 4.78 is 7.96. The van der Waals surface area contributed by atoms with E-state index in [0.717, 1.165) is 46.7 Å². The standard InChI is InChI=1S/C34H40N4O3/c1-6-7-19-36(34(40)35-32-25(23(2)3)13-10-14-26(32)24(4)5)22-31(39)38-28-16-9-8-15-27(28)37-20-11-17-29(37)33(38)30-18-12-21-41-30/h8-18,20-21,23-24,33H,6-7,19,22H2,1-5H3,(H,35,40). The number of nitrogens with one attached hydrogen (secondary N) is 1. The van der Waals surface area contributed by atoms with Crippen molar-refractivity contribution in [1.82, 2.24) is 9.47 Å². The van der Waals surface area contributed by atoms with Crippen LogP contribution in [0.4, 0.5) is 16.2 Å². The molecule has 0 saturated heterocycles. The fourth-order valence-corrected chi connectivity index (χ4v) is 5.70. The summed E-state index contributed by atoms with van der Waals surface area (Å²) in [6.07, 6.45) is 5.34. The van der Waals surface area contributed by atoms with Gasteiger partial charge in [-0.2, -0.15) is 0 Å². The zero-order valence-electron chi connectivity index (χ0n) is 24.6. The summed E-state index contributed by atoms with van der Waals surface area (Å²) in [4.78, 5) is 31.7. The number of aromatic nitrogens is 1. The first-order valence-electron chi connectivity index (χ1n) is 14.6. The van der Waals surface area contributed by atoms with Gasteiger partial charge in [-0.05, 0) is 65.8 Å². The van der Waals surface area contributed by atoms with Gasteiger partial charge >= 0.3 is 6.03 Å². The number of urea groups is 1. The first kappa shape index (κ1) is 28.3. The minimum absolute atomic E-state index is 0.0566. The van der Waals surface area contributed by atoms with Crippen LogP contribution in [0.15, 0.2) is 83.6 Å². The van der Waals surface area contributed by atoms with Crippen LogP contribution in [0.2, 0.25) is 0 Å². The molecule has 3 amide bonds. The van der Waals surface area contributed by atoms with Gasteiger partial charge in [0.25, 0.3) is 0 Å². The van der Waals surface area contributed by atoms with Gasteiger partial charge in [-0.15, -0.1) is 0 Å². The molecule has 3 heterocycles. The summed E-state index contributed by atoms with van der Waals surface area (Å²) >= 11 is 0. The average Bonchev–Trinajstić information content (AvgIpc) is 3.67. The number of benzene rings is 2.